The summed E-state index contributed by atoms with van der Waals surface area (Å²) < 4.78 is 6.66. The molecule has 0 spiro atoms. The van der Waals surface area contributed by atoms with Crippen molar-refractivity contribution in [3.63, 3.8) is 0 Å². The number of ether oxygens (including phenoxy) is 1. The van der Waals surface area contributed by atoms with Gasteiger partial charge in [-0.1, -0.05) is 18.0 Å². The Balaban J connectivity index is 1.66. The van der Waals surface area contributed by atoms with Gasteiger partial charge in [-0.15, -0.1) is 11.3 Å². The Kier molecular flexibility index (Phi) is 6.65. The molecule has 1 atom stereocenters. The minimum atomic E-state index is -0.326. The molecule has 3 aromatic rings. The summed E-state index contributed by atoms with van der Waals surface area (Å²) in [6, 6.07) is 5.35. The molecule has 0 saturated heterocycles. The zero-order valence-corrected chi connectivity index (χ0v) is 16.4. The molecular weight excluding hydrogens is 374 g/mol. The average molecular weight is 393 g/mol. The van der Waals surface area contributed by atoms with Gasteiger partial charge in [-0.3, -0.25) is 0 Å². The number of hydrogen-bond donors (Lipinski definition) is 1. The molecule has 0 aliphatic rings. The Morgan fingerprint density at radius 1 is 1.36 bits per heavy atom. The number of nitrogens with zero attached hydrogens (tertiary/aromatic N) is 4. The molecule has 8 heteroatoms. The molecule has 2 heterocycles. The summed E-state index contributed by atoms with van der Waals surface area (Å²) >= 11 is 1.54. The minimum absolute atomic E-state index is 0.283. The maximum atomic E-state index is 10.7. The monoisotopic (exact) mass is 393 g/mol. The fourth-order valence-corrected chi connectivity index (χ4v) is 3.15. The number of hydrogen-bond acceptors (Lipinski definition) is 8. The molecule has 0 aliphatic carbocycles. The first kappa shape index (κ1) is 19.5. The third kappa shape index (κ3) is 5.11. The van der Waals surface area contributed by atoms with Crippen LogP contribution in [0.2, 0.25) is 0 Å². The number of nitroso groups, excluding NO2 is 1. The van der Waals surface area contributed by atoms with Crippen molar-refractivity contribution >= 4 is 33.4 Å². The van der Waals surface area contributed by atoms with Crippen LogP contribution in [0.25, 0.3) is 16.3 Å². The van der Waals surface area contributed by atoms with Crippen LogP contribution in [0.5, 0.6) is 5.75 Å². The maximum absolute atomic E-state index is 10.7. The second-order valence-electron chi connectivity index (χ2n) is 5.80. The fraction of sp³-hybridized carbons (Fsp3) is 0.250. The lowest BCUT2D eigenvalue weighted by atomic mass is 10.2. The first-order valence-corrected chi connectivity index (χ1v) is 9.57. The number of nitrogens with one attached hydrogen (secondary N) is 1. The van der Waals surface area contributed by atoms with Crippen molar-refractivity contribution in [1.29, 1.82) is 0 Å². The summed E-state index contributed by atoms with van der Waals surface area (Å²) in [5.41, 5.74) is 1.49. The predicted octanol–water partition coefficient (Wildman–Crippen LogP) is 4.12. The first-order chi connectivity index (χ1) is 13.7. The molecule has 2 aromatic heterocycles. The van der Waals surface area contributed by atoms with Gasteiger partial charge in [0.2, 0.25) is 0 Å². The smallest absolute Gasteiger partial charge is 0.144 e. The van der Waals surface area contributed by atoms with E-state index in [-0.39, 0.29) is 12.6 Å². The van der Waals surface area contributed by atoms with Crippen molar-refractivity contribution in [3.05, 3.63) is 52.3 Å². The molecule has 142 valence electrons. The molecule has 3 rings (SSSR count). The van der Waals surface area contributed by atoms with E-state index in [1.165, 1.54) is 0 Å². The third-order valence-corrected chi connectivity index (χ3v) is 4.84. The van der Waals surface area contributed by atoms with E-state index < -0.39 is 0 Å². The zero-order valence-electron chi connectivity index (χ0n) is 15.5. The van der Waals surface area contributed by atoms with Crippen LogP contribution in [0.1, 0.15) is 24.0 Å². The van der Waals surface area contributed by atoms with Crippen molar-refractivity contribution in [2.24, 2.45) is 5.18 Å². The van der Waals surface area contributed by atoms with Crippen LogP contribution in [0.15, 0.2) is 41.8 Å². The second-order valence-corrected chi connectivity index (χ2v) is 6.86. The predicted molar refractivity (Wildman–Crippen MR) is 112 cm³/mol. The highest BCUT2D eigenvalue weighted by atomic mass is 32.1. The van der Waals surface area contributed by atoms with Crippen LogP contribution in [0.4, 0.5) is 5.82 Å². The molecule has 28 heavy (non-hydrogen) atoms. The summed E-state index contributed by atoms with van der Waals surface area (Å²) in [5, 5.41) is 6.80. The molecule has 1 unspecified atom stereocenters. The number of allylic oxidation sites excluding steroid dienone is 1. The number of fused-ring (bicyclic) bond motifs is 1. The van der Waals surface area contributed by atoms with Gasteiger partial charge in [0.25, 0.3) is 0 Å². The summed E-state index contributed by atoms with van der Waals surface area (Å²) in [4.78, 5) is 23.6. The van der Waals surface area contributed by atoms with Crippen LogP contribution in [0.3, 0.4) is 0 Å². The Morgan fingerprint density at radius 2 is 2.25 bits per heavy atom. The topological polar surface area (TPSA) is 89.4 Å². The Hall–Kier alpha value is -3.31. The Bertz CT molecular complexity index is 1030. The van der Waals surface area contributed by atoms with Gasteiger partial charge in [-0.2, -0.15) is 4.91 Å². The van der Waals surface area contributed by atoms with Crippen molar-refractivity contribution in [2.45, 2.75) is 19.4 Å². The van der Waals surface area contributed by atoms with Crippen LogP contribution in [0, 0.1) is 16.7 Å². The van der Waals surface area contributed by atoms with Gasteiger partial charge in [-0.05, 0) is 42.7 Å². The Morgan fingerprint density at radius 3 is 2.96 bits per heavy atom. The lowest BCUT2D eigenvalue weighted by molar-refractivity contribution is 0.286. The number of benzene rings is 1. The molecular formula is C20H19N5O2S. The number of aromatic nitrogens is 3. The first-order valence-electron chi connectivity index (χ1n) is 8.75. The van der Waals surface area contributed by atoms with Gasteiger partial charge in [0.05, 0.1) is 22.6 Å². The normalized spacial score (nSPS) is 11.8. The van der Waals surface area contributed by atoms with E-state index in [1.54, 1.807) is 36.9 Å². The van der Waals surface area contributed by atoms with E-state index in [2.05, 4.69) is 37.3 Å². The largest absolute Gasteiger partial charge is 0.491 e. The van der Waals surface area contributed by atoms with E-state index in [0.717, 1.165) is 15.2 Å². The summed E-state index contributed by atoms with van der Waals surface area (Å²) in [6.45, 7) is 2.19. The molecule has 0 aliphatic heterocycles. The van der Waals surface area contributed by atoms with E-state index in [9.17, 15) is 4.91 Å². The van der Waals surface area contributed by atoms with Gasteiger partial charge < -0.3 is 10.1 Å². The number of rotatable bonds is 7. The van der Waals surface area contributed by atoms with E-state index >= 15 is 0 Å². The third-order valence-electron chi connectivity index (χ3n) is 3.86. The highest BCUT2D eigenvalue weighted by molar-refractivity contribution is 7.19. The highest BCUT2D eigenvalue weighted by Crippen LogP contribution is 2.27. The standard InChI is InChI=1S/C20H19N5O2S/c1-3-14(25-26)13-27-16-8-9-17-18(10-16)28-20(24-17)7-5-4-6-15-11-23-19(21-2)12-22-15/h5,7-12,14H,3,13H2,1-2H3,(H,21,23)/b7-5+. The molecule has 0 saturated carbocycles. The lowest BCUT2D eigenvalue weighted by Gasteiger charge is -2.08. The number of thiazole rings is 1. The van der Waals surface area contributed by atoms with Crippen molar-refractivity contribution in [3.8, 4) is 17.6 Å². The Labute approximate surface area is 166 Å². The van der Waals surface area contributed by atoms with Gasteiger partial charge in [-0.25, -0.2) is 15.0 Å². The van der Waals surface area contributed by atoms with Crippen LogP contribution in [-0.4, -0.2) is 34.6 Å². The van der Waals surface area contributed by atoms with Crippen molar-refractivity contribution in [1.82, 2.24) is 15.0 Å². The molecule has 1 aromatic carbocycles. The van der Waals surface area contributed by atoms with Crippen molar-refractivity contribution < 1.29 is 4.74 Å². The average Bonchev–Trinajstić information content (AvgIpc) is 3.14. The molecule has 0 amide bonds. The van der Waals surface area contributed by atoms with Crippen LogP contribution >= 0.6 is 11.3 Å². The quantitative estimate of drug-likeness (QED) is 0.480. The maximum Gasteiger partial charge on any atom is 0.144 e. The van der Waals surface area contributed by atoms with E-state index in [1.807, 2.05) is 31.2 Å². The van der Waals surface area contributed by atoms with Crippen LogP contribution < -0.4 is 10.1 Å². The second kappa shape index (κ2) is 9.58. The van der Waals surface area contributed by atoms with Gasteiger partial charge in [0.15, 0.2) is 0 Å². The fourth-order valence-electron chi connectivity index (χ4n) is 2.25. The molecule has 7 nitrogen and oxygen atoms in total. The van der Waals surface area contributed by atoms with Crippen LogP contribution in [-0.2, 0) is 0 Å². The van der Waals surface area contributed by atoms with Crippen molar-refractivity contribution in [2.75, 3.05) is 19.0 Å². The lowest BCUT2D eigenvalue weighted by Crippen LogP contribution is -2.13. The summed E-state index contributed by atoms with van der Waals surface area (Å²) in [6.07, 6.45) is 7.51. The summed E-state index contributed by atoms with van der Waals surface area (Å²) in [7, 11) is 1.79. The van der Waals surface area contributed by atoms with Gasteiger partial charge >= 0.3 is 0 Å². The number of anilines is 1. The summed E-state index contributed by atoms with van der Waals surface area (Å²) in [5.74, 6) is 7.28. The van der Waals surface area contributed by atoms with Gasteiger partial charge in [0.1, 0.15) is 34.9 Å². The zero-order chi connectivity index (χ0) is 19.8. The highest BCUT2D eigenvalue weighted by Gasteiger charge is 2.08. The minimum Gasteiger partial charge on any atom is -0.491 e. The van der Waals surface area contributed by atoms with E-state index in [4.69, 9.17) is 4.74 Å². The van der Waals surface area contributed by atoms with Gasteiger partial charge in [0, 0.05) is 7.05 Å². The molecule has 0 fully saturated rings. The molecule has 1 N–H and O–H groups in total. The molecule has 0 radical (unpaired) electrons. The SMILES string of the molecule is CCC(COc1ccc2nc(/C=C/C#Cc3cnc(NC)cn3)sc2c1)N=O. The van der Waals surface area contributed by atoms with E-state index in [0.29, 0.717) is 23.7 Å². The molecule has 0 bridgehead atoms.